The third-order valence-corrected chi connectivity index (χ3v) is 4.31. The lowest BCUT2D eigenvalue weighted by molar-refractivity contribution is 0.0526. The average Bonchev–Trinajstić information content (AvgIpc) is 3.23. The Bertz CT molecular complexity index is 711. The summed E-state index contributed by atoms with van der Waals surface area (Å²) in [7, 11) is 0. The Morgan fingerprint density at radius 3 is 2.92 bits per heavy atom. The van der Waals surface area contributed by atoms with Crippen molar-refractivity contribution in [1.82, 2.24) is 19.7 Å². The second kappa shape index (κ2) is 7.63. The van der Waals surface area contributed by atoms with E-state index in [4.69, 9.17) is 4.74 Å². The molecule has 0 amide bonds. The molecule has 1 aliphatic heterocycles. The fraction of sp³-hybridized carbons (Fsp3) is 0.556. The first-order valence-corrected chi connectivity index (χ1v) is 8.87. The van der Waals surface area contributed by atoms with Gasteiger partial charge in [-0.2, -0.15) is 0 Å². The van der Waals surface area contributed by atoms with E-state index >= 15 is 0 Å². The Kier molecular flexibility index (Phi) is 5.31. The molecule has 7 nitrogen and oxygen atoms in total. The maximum Gasteiger partial charge on any atom is 0.339 e. The van der Waals surface area contributed by atoms with E-state index in [1.54, 1.807) is 19.2 Å². The Morgan fingerprint density at radius 2 is 2.24 bits per heavy atom. The van der Waals surface area contributed by atoms with E-state index in [0.717, 1.165) is 37.6 Å². The number of esters is 1. The van der Waals surface area contributed by atoms with Crippen LogP contribution in [0.25, 0.3) is 0 Å². The second-order valence-electron chi connectivity index (χ2n) is 6.71. The summed E-state index contributed by atoms with van der Waals surface area (Å²) in [6.45, 7) is 8.35. The fourth-order valence-corrected chi connectivity index (χ4v) is 3.26. The van der Waals surface area contributed by atoms with Crippen molar-refractivity contribution >= 4 is 11.8 Å². The molecule has 1 fully saturated rings. The van der Waals surface area contributed by atoms with Gasteiger partial charge in [0.05, 0.1) is 18.2 Å². The van der Waals surface area contributed by atoms with Crippen molar-refractivity contribution in [2.24, 2.45) is 5.92 Å². The SMILES string of the molecule is CCOC(=O)c1ccc(N2CCC[C@H]2c2nncn2CC(C)C)nc1. The van der Waals surface area contributed by atoms with Crippen LogP contribution in [-0.2, 0) is 11.3 Å². The van der Waals surface area contributed by atoms with Gasteiger partial charge < -0.3 is 14.2 Å². The van der Waals surface area contributed by atoms with E-state index in [9.17, 15) is 4.79 Å². The second-order valence-corrected chi connectivity index (χ2v) is 6.71. The summed E-state index contributed by atoms with van der Waals surface area (Å²) in [5.74, 6) is 2.04. The summed E-state index contributed by atoms with van der Waals surface area (Å²) in [6, 6.07) is 3.82. The van der Waals surface area contributed by atoms with Crippen molar-refractivity contribution in [3.63, 3.8) is 0 Å². The minimum absolute atomic E-state index is 0.169. The van der Waals surface area contributed by atoms with Gasteiger partial charge in [0.25, 0.3) is 0 Å². The molecule has 3 rings (SSSR count). The van der Waals surface area contributed by atoms with Crippen LogP contribution in [0, 0.1) is 5.92 Å². The van der Waals surface area contributed by atoms with Crippen LogP contribution in [-0.4, -0.2) is 38.9 Å². The lowest BCUT2D eigenvalue weighted by Crippen LogP contribution is -2.26. The van der Waals surface area contributed by atoms with Gasteiger partial charge >= 0.3 is 5.97 Å². The van der Waals surface area contributed by atoms with Crippen molar-refractivity contribution in [3.05, 3.63) is 36.0 Å². The number of carbonyl (C=O) groups excluding carboxylic acids is 1. The van der Waals surface area contributed by atoms with E-state index in [2.05, 4.69) is 38.5 Å². The van der Waals surface area contributed by atoms with Gasteiger partial charge in [-0.15, -0.1) is 10.2 Å². The van der Waals surface area contributed by atoms with Crippen molar-refractivity contribution < 1.29 is 9.53 Å². The van der Waals surface area contributed by atoms with Crippen molar-refractivity contribution in [2.45, 2.75) is 46.2 Å². The van der Waals surface area contributed by atoms with E-state index in [1.165, 1.54) is 0 Å². The van der Waals surface area contributed by atoms with E-state index in [0.29, 0.717) is 18.1 Å². The number of hydrogen-bond acceptors (Lipinski definition) is 6. The average molecular weight is 343 g/mol. The number of pyridine rings is 1. The topological polar surface area (TPSA) is 73.1 Å². The molecule has 3 heterocycles. The van der Waals surface area contributed by atoms with Gasteiger partial charge in [-0.05, 0) is 37.8 Å². The number of hydrogen-bond donors (Lipinski definition) is 0. The monoisotopic (exact) mass is 343 g/mol. The van der Waals surface area contributed by atoms with Crippen LogP contribution in [0.15, 0.2) is 24.7 Å². The Hall–Kier alpha value is -2.44. The third-order valence-electron chi connectivity index (χ3n) is 4.31. The molecule has 0 unspecified atom stereocenters. The molecule has 134 valence electrons. The minimum Gasteiger partial charge on any atom is -0.462 e. The molecule has 2 aromatic heterocycles. The predicted octanol–water partition coefficient (Wildman–Crippen LogP) is 2.85. The van der Waals surface area contributed by atoms with Crippen molar-refractivity contribution in [3.8, 4) is 0 Å². The Labute approximate surface area is 148 Å². The first-order valence-electron chi connectivity index (χ1n) is 8.87. The number of rotatable bonds is 6. The predicted molar refractivity (Wildman–Crippen MR) is 94.4 cm³/mol. The zero-order valence-electron chi connectivity index (χ0n) is 15.1. The third kappa shape index (κ3) is 3.81. The molecule has 7 heteroatoms. The summed E-state index contributed by atoms with van der Waals surface area (Å²) < 4.78 is 7.15. The number of nitrogens with zero attached hydrogens (tertiary/aromatic N) is 5. The van der Waals surface area contributed by atoms with Crippen LogP contribution in [0.5, 0.6) is 0 Å². The largest absolute Gasteiger partial charge is 0.462 e. The van der Waals surface area contributed by atoms with Crippen LogP contribution in [0.2, 0.25) is 0 Å². The van der Waals surface area contributed by atoms with E-state index < -0.39 is 0 Å². The molecular weight excluding hydrogens is 318 g/mol. The van der Waals surface area contributed by atoms with Gasteiger partial charge in [0.15, 0.2) is 5.82 Å². The van der Waals surface area contributed by atoms with Gasteiger partial charge in [0.2, 0.25) is 0 Å². The highest BCUT2D eigenvalue weighted by Crippen LogP contribution is 2.34. The summed E-state index contributed by atoms with van der Waals surface area (Å²) >= 11 is 0. The standard InChI is InChI=1S/C18H25N5O2/c1-4-25-18(24)14-7-8-16(19-10-14)23-9-5-6-15(23)17-21-20-12-22(17)11-13(2)3/h7-8,10,12-13,15H,4-6,9,11H2,1-3H3/t15-/m0/s1. The normalized spacial score (nSPS) is 17.3. The zero-order valence-corrected chi connectivity index (χ0v) is 15.1. The summed E-state index contributed by atoms with van der Waals surface area (Å²) in [4.78, 5) is 18.5. The number of carbonyl (C=O) groups is 1. The van der Waals surface area contributed by atoms with Crippen LogP contribution in [0.3, 0.4) is 0 Å². The molecule has 0 spiro atoms. The zero-order chi connectivity index (χ0) is 17.8. The maximum atomic E-state index is 11.8. The molecule has 1 atom stereocenters. The van der Waals surface area contributed by atoms with Crippen LogP contribution in [0.1, 0.15) is 55.8 Å². The molecular formula is C18H25N5O2. The van der Waals surface area contributed by atoms with Crippen molar-refractivity contribution in [2.75, 3.05) is 18.1 Å². The van der Waals surface area contributed by atoms with Gasteiger partial charge in [-0.1, -0.05) is 13.8 Å². The quantitative estimate of drug-likeness (QED) is 0.751. The lowest BCUT2D eigenvalue weighted by Gasteiger charge is -2.25. The molecule has 0 aromatic carbocycles. The smallest absolute Gasteiger partial charge is 0.339 e. The lowest BCUT2D eigenvalue weighted by atomic mass is 10.2. The molecule has 0 saturated carbocycles. The first kappa shape index (κ1) is 17.4. The fourth-order valence-electron chi connectivity index (χ4n) is 3.26. The number of aromatic nitrogens is 4. The summed E-state index contributed by atoms with van der Waals surface area (Å²) in [5, 5.41) is 8.48. The number of ether oxygens (including phenoxy) is 1. The van der Waals surface area contributed by atoms with E-state index in [-0.39, 0.29) is 12.0 Å². The highest BCUT2D eigenvalue weighted by atomic mass is 16.5. The van der Waals surface area contributed by atoms with Crippen LogP contribution < -0.4 is 4.90 Å². The van der Waals surface area contributed by atoms with Gasteiger partial charge in [-0.3, -0.25) is 0 Å². The van der Waals surface area contributed by atoms with Crippen LogP contribution in [0.4, 0.5) is 5.82 Å². The molecule has 0 bridgehead atoms. The molecule has 2 aromatic rings. The Morgan fingerprint density at radius 1 is 1.40 bits per heavy atom. The van der Waals surface area contributed by atoms with Gasteiger partial charge in [-0.25, -0.2) is 9.78 Å². The van der Waals surface area contributed by atoms with E-state index in [1.807, 2.05) is 12.4 Å². The molecule has 0 N–H and O–H groups in total. The van der Waals surface area contributed by atoms with Gasteiger partial charge in [0.1, 0.15) is 12.1 Å². The first-order chi connectivity index (χ1) is 12.1. The number of anilines is 1. The maximum absolute atomic E-state index is 11.8. The Balaban J connectivity index is 1.80. The minimum atomic E-state index is -0.337. The van der Waals surface area contributed by atoms with Crippen molar-refractivity contribution in [1.29, 1.82) is 0 Å². The molecule has 0 radical (unpaired) electrons. The van der Waals surface area contributed by atoms with Crippen LogP contribution >= 0.6 is 0 Å². The molecule has 1 aliphatic rings. The summed E-state index contributed by atoms with van der Waals surface area (Å²) in [5.41, 5.74) is 0.476. The van der Waals surface area contributed by atoms with Gasteiger partial charge in [0, 0.05) is 19.3 Å². The molecule has 25 heavy (non-hydrogen) atoms. The summed E-state index contributed by atoms with van der Waals surface area (Å²) in [6.07, 6.45) is 5.50. The molecule has 0 aliphatic carbocycles. The highest BCUT2D eigenvalue weighted by molar-refractivity contribution is 5.89. The highest BCUT2D eigenvalue weighted by Gasteiger charge is 2.31. The molecule has 1 saturated heterocycles.